The Hall–Kier alpha value is -2.08. The molecular weight excluding hydrogens is 312 g/mol. The Balaban J connectivity index is 2.11. The number of rotatable bonds is 3. The van der Waals surface area contributed by atoms with Crippen LogP contribution < -0.4 is 0 Å². The van der Waals surface area contributed by atoms with Crippen molar-refractivity contribution < 1.29 is 0 Å². The van der Waals surface area contributed by atoms with E-state index < -0.39 is 0 Å². The quantitative estimate of drug-likeness (QED) is 0.463. The van der Waals surface area contributed by atoms with E-state index in [4.69, 9.17) is 0 Å². The maximum absolute atomic E-state index is 2.40. The van der Waals surface area contributed by atoms with E-state index >= 15 is 0 Å². The van der Waals surface area contributed by atoms with Gasteiger partial charge in [0, 0.05) is 0 Å². The van der Waals surface area contributed by atoms with Crippen molar-refractivity contribution in [2.75, 3.05) is 0 Å². The summed E-state index contributed by atoms with van der Waals surface area (Å²) >= 11 is 0. The van der Waals surface area contributed by atoms with Gasteiger partial charge in [-0.05, 0) is 88.6 Å². The van der Waals surface area contributed by atoms with Crippen molar-refractivity contribution in [3.05, 3.63) is 75.4 Å². The Morgan fingerprint density at radius 1 is 0.885 bits per heavy atom. The number of hydrogen-bond donors (Lipinski definition) is 0. The molecule has 0 aromatic heterocycles. The average Bonchev–Trinajstić information content (AvgIpc) is 3.20. The third-order valence-corrected chi connectivity index (χ3v) is 6.09. The van der Waals surface area contributed by atoms with Crippen molar-refractivity contribution in [3.63, 3.8) is 0 Å². The minimum absolute atomic E-state index is 0.539. The van der Waals surface area contributed by atoms with E-state index in [1.807, 2.05) is 0 Å². The smallest absolute Gasteiger partial charge is 0.000709 e. The normalized spacial score (nSPS) is 15.0. The first-order valence-electron chi connectivity index (χ1n) is 10.0. The highest BCUT2D eigenvalue weighted by molar-refractivity contribution is 5.89. The van der Waals surface area contributed by atoms with Gasteiger partial charge in [-0.15, -0.1) is 0 Å². The van der Waals surface area contributed by atoms with Crippen LogP contribution in [0.25, 0.3) is 16.7 Å². The van der Waals surface area contributed by atoms with Gasteiger partial charge in [0.15, 0.2) is 0 Å². The van der Waals surface area contributed by atoms with Gasteiger partial charge >= 0.3 is 0 Å². The molecule has 0 spiro atoms. The van der Waals surface area contributed by atoms with Crippen LogP contribution in [0.5, 0.6) is 0 Å². The van der Waals surface area contributed by atoms with E-state index in [1.54, 1.807) is 22.3 Å². The maximum Gasteiger partial charge on any atom is -0.000709 e. The largest absolute Gasteiger partial charge is 0.0801 e. The van der Waals surface area contributed by atoms with Gasteiger partial charge in [-0.25, -0.2) is 0 Å². The van der Waals surface area contributed by atoms with Gasteiger partial charge in [0.05, 0.1) is 0 Å². The molecule has 0 nitrogen and oxygen atoms in total. The Kier molecular flexibility index (Phi) is 4.18. The molecule has 0 unspecified atom stereocenters. The molecule has 2 aromatic rings. The standard InChI is InChI=1S/C26H30/c1-15(2)23-18(6)25(19-9-7-8-10-19)22-14-20-13-17(5)11-12-21(20)26(22)24(23)16(3)4/h7-9,11-13,15-16H,10,14H2,1-6H3. The lowest BCUT2D eigenvalue weighted by molar-refractivity contribution is 0.783. The van der Waals surface area contributed by atoms with E-state index in [0.717, 1.165) is 12.8 Å². The molecule has 4 rings (SSSR count). The average molecular weight is 343 g/mol. The molecule has 0 amide bonds. The molecule has 0 saturated heterocycles. The van der Waals surface area contributed by atoms with E-state index in [-0.39, 0.29) is 0 Å². The topological polar surface area (TPSA) is 0 Å². The zero-order valence-electron chi connectivity index (χ0n) is 17.0. The number of aryl methyl sites for hydroxylation is 1. The van der Waals surface area contributed by atoms with E-state index in [2.05, 4.69) is 78.0 Å². The zero-order valence-corrected chi connectivity index (χ0v) is 17.0. The lowest BCUT2D eigenvalue weighted by atomic mass is 9.77. The Labute approximate surface area is 158 Å². The van der Waals surface area contributed by atoms with E-state index in [9.17, 15) is 0 Å². The van der Waals surface area contributed by atoms with Crippen molar-refractivity contribution in [1.29, 1.82) is 0 Å². The molecule has 0 aliphatic heterocycles. The Morgan fingerprint density at radius 2 is 1.62 bits per heavy atom. The molecule has 0 heteroatoms. The summed E-state index contributed by atoms with van der Waals surface area (Å²) < 4.78 is 0. The Bertz CT molecular complexity index is 949. The van der Waals surface area contributed by atoms with Crippen molar-refractivity contribution in [3.8, 4) is 11.1 Å². The van der Waals surface area contributed by atoms with Crippen LogP contribution in [0.15, 0.2) is 36.4 Å². The van der Waals surface area contributed by atoms with Crippen LogP contribution in [-0.4, -0.2) is 0 Å². The van der Waals surface area contributed by atoms with Gasteiger partial charge < -0.3 is 0 Å². The molecule has 134 valence electrons. The van der Waals surface area contributed by atoms with Gasteiger partial charge in [-0.3, -0.25) is 0 Å². The third-order valence-electron chi connectivity index (χ3n) is 6.09. The summed E-state index contributed by atoms with van der Waals surface area (Å²) in [5, 5.41) is 0. The van der Waals surface area contributed by atoms with Gasteiger partial charge in [-0.2, -0.15) is 0 Å². The number of allylic oxidation sites excluding steroid dienone is 4. The first-order chi connectivity index (χ1) is 12.4. The monoisotopic (exact) mass is 342 g/mol. The minimum atomic E-state index is 0.539. The van der Waals surface area contributed by atoms with Crippen molar-refractivity contribution in [1.82, 2.24) is 0 Å². The zero-order chi connectivity index (χ0) is 18.6. The highest BCUT2D eigenvalue weighted by Gasteiger charge is 2.31. The summed E-state index contributed by atoms with van der Waals surface area (Å²) in [4.78, 5) is 0. The lowest BCUT2D eigenvalue weighted by Gasteiger charge is -2.27. The SMILES string of the molecule is Cc1ccc2c(c1)Cc1c(C3=CC=CC3)c(C)c(C(C)C)c(C(C)C)c1-2. The first kappa shape index (κ1) is 17.3. The molecule has 2 aromatic carbocycles. The molecule has 0 bridgehead atoms. The van der Waals surface area contributed by atoms with Gasteiger partial charge in [0.25, 0.3) is 0 Å². The molecule has 0 atom stereocenters. The van der Waals surface area contributed by atoms with Crippen LogP contribution in [0.1, 0.15) is 84.9 Å². The molecule has 0 saturated carbocycles. The highest BCUT2D eigenvalue weighted by atomic mass is 14.3. The predicted octanol–water partition coefficient (Wildman–Crippen LogP) is 7.46. The maximum atomic E-state index is 2.40. The fourth-order valence-corrected chi connectivity index (χ4v) is 5.18. The number of benzene rings is 2. The summed E-state index contributed by atoms with van der Waals surface area (Å²) in [6.07, 6.45) is 8.99. The van der Waals surface area contributed by atoms with Crippen LogP contribution >= 0.6 is 0 Å². The van der Waals surface area contributed by atoms with Crippen molar-refractivity contribution >= 4 is 5.57 Å². The summed E-state index contributed by atoms with van der Waals surface area (Å²) in [5.74, 6) is 1.08. The van der Waals surface area contributed by atoms with Gasteiger partial charge in [-0.1, -0.05) is 69.7 Å². The lowest BCUT2D eigenvalue weighted by Crippen LogP contribution is -2.09. The minimum Gasteiger partial charge on any atom is -0.0801 e. The van der Waals surface area contributed by atoms with Crippen LogP contribution in [0, 0.1) is 13.8 Å². The second-order valence-corrected chi connectivity index (χ2v) is 8.65. The fraction of sp³-hybridized carbons (Fsp3) is 0.385. The second kappa shape index (κ2) is 6.27. The molecule has 2 aliphatic rings. The molecular formula is C26H30. The van der Waals surface area contributed by atoms with Gasteiger partial charge in [0.2, 0.25) is 0 Å². The van der Waals surface area contributed by atoms with Crippen molar-refractivity contribution in [2.24, 2.45) is 0 Å². The fourth-order valence-electron chi connectivity index (χ4n) is 5.18. The predicted molar refractivity (Wildman–Crippen MR) is 114 cm³/mol. The molecule has 2 aliphatic carbocycles. The van der Waals surface area contributed by atoms with Crippen LogP contribution in [0.3, 0.4) is 0 Å². The van der Waals surface area contributed by atoms with Crippen LogP contribution in [0.2, 0.25) is 0 Å². The molecule has 26 heavy (non-hydrogen) atoms. The second-order valence-electron chi connectivity index (χ2n) is 8.65. The molecule has 0 radical (unpaired) electrons. The van der Waals surface area contributed by atoms with E-state index in [0.29, 0.717) is 11.8 Å². The van der Waals surface area contributed by atoms with Crippen molar-refractivity contribution in [2.45, 2.75) is 66.2 Å². The summed E-state index contributed by atoms with van der Waals surface area (Å²) in [5.41, 5.74) is 15.2. The van der Waals surface area contributed by atoms with Crippen LogP contribution in [-0.2, 0) is 6.42 Å². The first-order valence-corrected chi connectivity index (χ1v) is 10.0. The summed E-state index contributed by atoms with van der Waals surface area (Å²) in [6, 6.07) is 7.05. The summed E-state index contributed by atoms with van der Waals surface area (Å²) in [6.45, 7) is 14.0. The molecule has 0 heterocycles. The summed E-state index contributed by atoms with van der Waals surface area (Å²) in [7, 11) is 0. The Morgan fingerprint density at radius 3 is 2.23 bits per heavy atom. The van der Waals surface area contributed by atoms with E-state index in [1.165, 1.54) is 33.4 Å². The van der Waals surface area contributed by atoms with Gasteiger partial charge in [0.1, 0.15) is 0 Å². The third kappa shape index (κ3) is 2.50. The molecule has 0 N–H and O–H groups in total. The number of hydrogen-bond acceptors (Lipinski definition) is 0. The number of fused-ring (bicyclic) bond motifs is 3. The van der Waals surface area contributed by atoms with Crippen LogP contribution in [0.4, 0.5) is 0 Å². The molecule has 0 fully saturated rings. The highest BCUT2D eigenvalue weighted by Crippen LogP contribution is 2.50.